The summed E-state index contributed by atoms with van der Waals surface area (Å²) in [6.07, 6.45) is 0. The lowest BCUT2D eigenvalue weighted by atomic mass is 9.84. The van der Waals surface area contributed by atoms with E-state index < -0.39 is 16.2 Å². The molecule has 0 spiro atoms. The van der Waals surface area contributed by atoms with Crippen molar-refractivity contribution in [2.24, 2.45) is 0 Å². The Hall–Kier alpha value is -3.00. The number of hydrogen-bond donors (Lipinski definition) is 2. The number of carbonyl (C=O) groups excluding carboxylic acids is 1. The largest absolute Gasteiger partial charge is 0.383 e. The Kier molecular flexibility index (Phi) is 7.06. The Balaban J connectivity index is 2.12. The molecule has 0 atom stereocenters. The number of carbonyl (C=O) groups is 1. The second-order valence-electron chi connectivity index (χ2n) is 6.96. The first-order valence-corrected chi connectivity index (χ1v) is 8.80. The minimum Gasteiger partial charge on any atom is -0.383 e. The first-order chi connectivity index (χ1) is 13.3. The number of benzene rings is 2. The highest BCUT2D eigenvalue weighted by molar-refractivity contribution is 5.95. The van der Waals surface area contributed by atoms with Crippen molar-refractivity contribution in [1.29, 1.82) is 0 Å². The highest BCUT2D eigenvalue weighted by atomic mass is 19.1. The number of nitrogens with zero attached hydrogens (tertiary/aromatic N) is 1. The van der Waals surface area contributed by atoms with E-state index >= 15 is 0 Å². The summed E-state index contributed by atoms with van der Waals surface area (Å²) >= 11 is 0. The van der Waals surface area contributed by atoms with Crippen LogP contribution in [0.25, 0.3) is 0 Å². The van der Waals surface area contributed by atoms with E-state index in [1.54, 1.807) is 18.2 Å². The Morgan fingerprint density at radius 1 is 1.25 bits per heavy atom. The van der Waals surface area contributed by atoms with E-state index in [4.69, 9.17) is 4.74 Å². The van der Waals surface area contributed by atoms with Crippen LogP contribution in [0.15, 0.2) is 42.5 Å². The quantitative estimate of drug-likeness (QED) is 0.389. The van der Waals surface area contributed by atoms with E-state index in [0.29, 0.717) is 24.4 Å². The number of nitrogens with one attached hydrogen (secondary N) is 2. The van der Waals surface area contributed by atoms with Crippen LogP contribution in [0.3, 0.4) is 0 Å². The summed E-state index contributed by atoms with van der Waals surface area (Å²) in [4.78, 5) is 23.3. The van der Waals surface area contributed by atoms with E-state index in [0.717, 1.165) is 0 Å². The first-order valence-electron chi connectivity index (χ1n) is 8.80. The molecule has 0 saturated heterocycles. The smallest absolute Gasteiger partial charge is 0.293 e. The highest BCUT2D eigenvalue weighted by Gasteiger charge is 2.25. The summed E-state index contributed by atoms with van der Waals surface area (Å²) in [7, 11) is 1.53. The van der Waals surface area contributed by atoms with Gasteiger partial charge in [-0.2, -0.15) is 0 Å². The van der Waals surface area contributed by atoms with Crippen molar-refractivity contribution in [3.8, 4) is 0 Å². The number of halogens is 1. The summed E-state index contributed by atoms with van der Waals surface area (Å²) in [6, 6.07) is 10.6. The van der Waals surface area contributed by atoms with E-state index in [1.165, 1.54) is 31.4 Å². The molecule has 1 amide bonds. The topological polar surface area (TPSA) is 93.5 Å². The molecule has 0 aliphatic heterocycles. The van der Waals surface area contributed by atoms with Crippen molar-refractivity contribution in [1.82, 2.24) is 5.32 Å². The summed E-state index contributed by atoms with van der Waals surface area (Å²) in [6.45, 7) is 4.60. The maximum absolute atomic E-state index is 14.0. The second-order valence-corrected chi connectivity index (χ2v) is 6.96. The fourth-order valence-corrected chi connectivity index (χ4v) is 2.77. The molecule has 0 aromatic heterocycles. The summed E-state index contributed by atoms with van der Waals surface area (Å²) in [5.74, 6) is -0.806. The van der Waals surface area contributed by atoms with E-state index in [2.05, 4.69) is 10.6 Å². The molecular weight excluding hydrogens is 365 g/mol. The van der Waals surface area contributed by atoms with Gasteiger partial charge in [0, 0.05) is 37.2 Å². The van der Waals surface area contributed by atoms with E-state index in [1.807, 2.05) is 13.8 Å². The molecule has 7 nitrogen and oxygen atoms in total. The normalized spacial score (nSPS) is 11.1. The van der Waals surface area contributed by atoms with Crippen LogP contribution >= 0.6 is 0 Å². The number of anilines is 1. The number of hydrogen-bond acceptors (Lipinski definition) is 5. The number of amides is 1. The monoisotopic (exact) mass is 389 g/mol. The van der Waals surface area contributed by atoms with Gasteiger partial charge < -0.3 is 15.4 Å². The molecule has 28 heavy (non-hydrogen) atoms. The third kappa shape index (κ3) is 5.26. The summed E-state index contributed by atoms with van der Waals surface area (Å²) in [5.41, 5.74) is 0.115. The molecule has 0 fully saturated rings. The molecule has 2 N–H and O–H groups in total. The predicted octanol–water partition coefficient (Wildman–Crippen LogP) is 3.50. The Bertz CT molecular complexity index is 855. The van der Waals surface area contributed by atoms with Crippen LogP contribution in [0.1, 0.15) is 29.8 Å². The Morgan fingerprint density at radius 2 is 1.96 bits per heavy atom. The third-order valence-electron chi connectivity index (χ3n) is 4.37. The zero-order valence-electron chi connectivity index (χ0n) is 16.1. The van der Waals surface area contributed by atoms with Crippen molar-refractivity contribution in [3.63, 3.8) is 0 Å². The number of ether oxygens (including phenoxy) is 1. The summed E-state index contributed by atoms with van der Waals surface area (Å²) < 4.78 is 19.0. The molecule has 150 valence electrons. The third-order valence-corrected chi connectivity index (χ3v) is 4.37. The van der Waals surface area contributed by atoms with Gasteiger partial charge in [0.25, 0.3) is 11.6 Å². The predicted molar refractivity (Wildman–Crippen MR) is 105 cm³/mol. The van der Waals surface area contributed by atoms with Gasteiger partial charge in [0.05, 0.1) is 11.5 Å². The van der Waals surface area contributed by atoms with Crippen LogP contribution in [-0.2, 0) is 10.2 Å². The van der Waals surface area contributed by atoms with Gasteiger partial charge in [-0.3, -0.25) is 14.9 Å². The molecule has 0 aliphatic carbocycles. The molecule has 0 unspecified atom stereocenters. The lowest BCUT2D eigenvalue weighted by Gasteiger charge is -2.26. The van der Waals surface area contributed by atoms with Crippen molar-refractivity contribution < 1.29 is 18.8 Å². The van der Waals surface area contributed by atoms with Gasteiger partial charge in [-0.05, 0) is 23.8 Å². The molecule has 0 heterocycles. The zero-order valence-corrected chi connectivity index (χ0v) is 16.1. The van der Waals surface area contributed by atoms with Gasteiger partial charge in [-0.1, -0.05) is 32.0 Å². The van der Waals surface area contributed by atoms with Gasteiger partial charge >= 0.3 is 0 Å². The Morgan fingerprint density at radius 3 is 2.61 bits per heavy atom. The fraction of sp³-hybridized carbons (Fsp3) is 0.350. The molecule has 0 bridgehead atoms. The van der Waals surface area contributed by atoms with Crippen LogP contribution in [0.4, 0.5) is 15.8 Å². The highest BCUT2D eigenvalue weighted by Crippen LogP contribution is 2.27. The van der Waals surface area contributed by atoms with Crippen molar-refractivity contribution in [2.45, 2.75) is 19.3 Å². The van der Waals surface area contributed by atoms with Gasteiger partial charge in [-0.15, -0.1) is 0 Å². The van der Waals surface area contributed by atoms with Crippen molar-refractivity contribution in [2.75, 3.05) is 32.1 Å². The number of nitro groups is 1. The van der Waals surface area contributed by atoms with Crippen LogP contribution in [0.5, 0.6) is 0 Å². The standard InChI is InChI=1S/C20H24FN3O4/c1-20(2,15-6-4-5-7-16(15)21)13-23-19(25)14-8-9-17(22-10-11-28-3)18(12-14)24(26)27/h4-9,12,22H,10-11,13H2,1-3H3,(H,23,25). The van der Waals surface area contributed by atoms with Crippen LogP contribution in [0.2, 0.25) is 0 Å². The molecule has 0 aliphatic rings. The van der Waals surface area contributed by atoms with Gasteiger partial charge in [0.1, 0.15) is 11.5 Å². The van der Waals surface area contributed by atoms with Gasteiger partial charge in [0.15, 0.2) is 0 Å². The molecule has 0 saturated carbocycles. The minimum absolute atomic E-state index is 0.160. The molecule has 8 heteroatoms. The minimum atomic E-state index is -0.644. The van der Waals surface area contributed by atoms with E-state index in [-0.39, 0.29) is 23.6 Å². The number of nitro benzene ring substituents is 1. The van der Waals surface area contributed by atoms with Gasteiger partial charge in [-0.25, -0.2) is 4.39 Å². The molecular formula is C20H24FN3O4. The van der Waals surface area contributed by atoms with E-state index in [9.17, 15) is 19.3 Å². The SMILES string of the molecule is COCCNc1ccc(C(=O)NCC(C)(C)c2ccccc2F)cc1[N+](=O)[O-]. The second kappa shape index (κ2) is 9.27. The number of methoxy groups -OCH3 is 1. The maximum atomic E-state index is 14.0. The lowest BCUT2D eigenvalue weighted by molar-refractivity contribution is -0.384. The van der Waals surface area contributed by atoms with Crippen molar-refractivity contribution in [3.05, 3.63) is 69.5 Å². The molecule has 2 rings (SSSR count). The maximum Gasteiger partial charge on any atom is 0.293 e. The van der Waals surface area contributed by atoms with Crippen LogP contribution < -0.4 is 10.6 Å². The zero-order chi connectivity index (χ0) is 20.7. The molecule has 2 aromatic rings. The average molecular weight is 389 g/mol. The van der Waals surface area contributed by atoms with Gasteiger partial charge in [0.2, 0.25) is 0 Å². The molecule has 0 radical (unpaired) electrons. The first kappa shape index (κ1) is 21.3. The van der Waals surface area contributed by atoms with Crippen LogP contribution in [0, 0.1) is 15.9 Å². The Labute approximate surface area is 163 Å². The lowest BCUT2D eigenvalue weighted by Crippen LogP contribution is -2.37. The number of rotatable bonds is 9. The molecule has 2 aromatic carbocycles. The average Bonchev–Trinajstić information content (AvgIpc) is 2.66. The summed E-state index contributed by atoms with van der Waals surface area (Å²) in [5, 5.41) is 17.0. The van der Waals surface area contributed by atoms with Crippen LogP contribution in [-0.4, -0.2) is 37.6 Å². The fourth-order valence-electron chi connectivity index (χ4n) is 2.77. The van der Waals surface area contributed by atoms with Crippen molar-refractivity contribution >= 4 is 17.3 Å².